The van der Waals surface area contributed by atoms with Crippen molar-refractivity contribution in [1.82, 2.24) is 15.1 Å². The van der Waals surface area contributed by atoms with E-state index in [2.05, 4.69) is 5.32 Å². The maximum atomic E-state index is 12.9. The van der Waals surface area contributed by atoms with Crippen LogP contribution < -0.4 is 5.32 Å². The van der Waals surface area contributed by atoms with Crippen molar-refractivity contribution in [2.45, 2.75) is 44.6 Å². The molecule has 2 aliphatic heterocycles. The van der Waals surface area contributed by atoms with Crippen LogP contribution in [-0.4, -0.2) is 59.1 Å². The van der Waals surface area contributed by atoms with Crippen LogP contribution in [-0.2, 0) is 9.59 Å². The molecule has 2 heterocycles. The lowest BCUT2D eigenvalue weighted by Crippen LogP contribution is -2.47. The quantitative estimate of drug-likeness (QED) is 0.710. The van der Waals surface area contributed by atoms with E-state index in [4.69, 9.17) is 0 Å². The van der Waals surface area contributed by atoms with Gasteiger partial charge in [-0.25, -0.2) is 0 Å². The van der Waals surface area contributed by atoms with Crippen LogP contribution in [0, 0.1) is 5.92 Å². The maximum Gasteiger partial charge on any atom is 0.261 e. The summed E-state index contributed by atoms with van der Waals surface area (Å²) in [6.45, 7) is 1.48. The molecular weight excluding hydrogens is 406 g/mol. The first kappa shape index (κ1) is 20.7. The number of imide groups is 1. The number of piperidine rings is 1. The summed E-state index contributed by atoms with van der Waals surface area (Å²) in [6.07, 6.45) is 4.26. The third-order valence-corrected chi connectivity index (χ3v) is 6.77. The van der Waals surface area contributed by atoms with Crippen molar-refractivity contribution in [1.29, 1.82) is 0 Å². The molecule has 0 aromatic heterocycles. The zero-order chi connectivity index (χ0) is 22.2. The Morgan fingerprint density at radius 2 is 1.53 bits per heavy atom. The molecule has 0 spiro atoms. The van der Waals surface area contributed by atoms with Gasteiger partial charge in [-0.05, 0) is 49.6 Å². The van der Waals surface area contributed by atoms with Gasteiger partial charge in [0.05, 0.1) is 0 Å². The van der Waals surface area contributed by atoms with Crippen LogP contribution >= 0.6 is 0 Å². The number of amides is 4. The molecule has 1 aliphatic carbocycles. The fraction of sp³-hybridized carbons (Fsp3) is 0.440. The predicted molar refractivity (Wildman–Crippen MR) is 119 cm³/mol. The molecule has 4 amide bonds. The van der Waals surface area contributed by atoms with Crippen LogP contribution in [0.25, 0.3) is 10.8 Å². The minimum atomic E-state index is -0.293. The molecule has 3 aliphatic rings. The number of rotatable bonds is 6. The lowest BCUT2D eigenvalue weighted by Gasteiger charge is -2.33. The molecule has 2 aromatic rings. The Kier molecular flexibility index (Phi) is 5.41. The Labute approximate surface area is 186 Å². The first-order chi connectivity index (χ1) is 15.5. The molecule has 2 aromatic carbocycles. The summed E-state index contributed by atoms with van der Waals surface area (Å²) in [5, 5.41) is 4.69. The van der Waals surface area contributed by atoms with E-state index in [1.165, 1.54) is 4.90 Å². The van der Waals surface area contributed by atoms with E-state index < -0.39 is 0 Å². The van der Waals surface area contributed by atoms with Gasteiger partial charge >= 0.3 is 0 Å². The average Bonchev–Trinajstić information content (AvgIpc) is 3.65. The lowest BCUT2D eigenvalue weighted by atomic mass is 9.94. The summed E-state index contributed by atoms with van der Waals surface area (Å²) in [4.78, 5) is 53.6. The fourth-order valence-electron chi connectivity index (χ4n) is 4.77. The zero-order valence-electron chi connectivity index (χ0n) is 18.0. The minimum Gasteiger partial charge on any atom is -0.353 e. The van der Waals surface area contributed by atoms with Crippen molar-refractivity contribution < 1.29 is 19.2 Å². The fourth-order valence-corrected chi connectivity index (χ4v) is 4.77. The Balaban J connectivity index is 1.14. The monoisotopic (exact) mass is 433 g/mol. The summed E-state index contributed by atoms with van der Waals surface area (Å²) in [5.74, 6) is -0.189. The van der Waals surface area contributed by atoms with Gasteiger partial charge in [-0.15, -0.1) is 0 Å². The molecule has 5 rings (SSSR count). The van der Waals surface area contributed by atoms with Gasteiger partial charge in [0, 0.05) is 54.5 Å². The maximum absolute atomic E-state index is 12.9. The van der Waals surface area contributed by atoms with Crippen molar-refractivity contribution in [2.75, 3.05) is 19.6 Å². The largest absolute Gasteiger partial charge is 0.353 e. The normalized spacial score (nSPS) is 18.9. The molecule has 0 unspecified atom stereocenters. The molecule has 1 N–H and O–H groups in total. The van der Waals surface area contributed by atoms with Gasteiger partial charge in [0.1, 0.15) is 0 Å². The van der Waals surface area contributed by atoms with Gasteiger partial charge in [-0.1, -0.05) is 24.3 Å². The van der Waals surface area contributed by atoms with Crippen LogP contribution in [0.4, 0.5) is 0 Å². The van der Waals surface area contributed by atoms with Crippen molar-refractivity contribution in [3.63, 3.8) is 0 Å². The van der Waals surface area contributed by atoms with E-state index in [-0.39, 0.29) is 42.1 Å². The van der Waals surface area contributed by atoms with E-state index in [0.717, 1.165) is 31.1 Å². The molecule has 1 saturated carbocycles. The number of likely N-dealkylation sites (tertiary alicyclic amines) is 1. The second-order valence-electron chi connectivity index (χ2n) is 9.01. The van der Waals surface area contributed by atoms with Gasteiger partial charge in [-0.2, -0.15) is 0 Å². The summed E-state index contributed by atoms with van der Waals surface area (Å²) in [6, 6.07) is 11.1. The highest BCUT2D eigenvalue weighted by molar-refractivity contribution is 6.25. The standard InChI is InChI=1S/C25H27N3O4/c29-21(27-14-11-18(12-15-27)26-23(30)17-9-10-17)8-3-13-28-24(31)19-6-1-4-16-5-2-7-20(22(16)19)25(28)32/h1-2,4-7,17-18H,3,8-15H2,(H,26,30). The van der Waals surface area contributed by atoms with Gasteiger partial charge in [0.2, 0.25) is 11.8 Å². The number of hydrogen-bond donors (Lipinski definition) is 1. The molecule has 0 atom stereocenters. The lowest BCUT2D eigenvalue weighted by molar-refractivity contribution is -0.132. The first-order valence-electron chi connectivity index (χ1n) is 11.5. The second-order valence-corrected chi connectivity index (χ2v) is 9.01. The van der Waals surface area contributed by atoms with E-state index in [0.29, 0.717) is 42.4 Å². The van der Waals surface area contributed by atoms with Crippen molar-refractivity contribution in [2.24, 2.45) is 5.92 Å². The topological polar surface area (TPSA) is 86.8 Å². The van der Waals surface area contributed by atoms with E-state index in [1.807, 2.05) is 29.2 Å². The molecule has 7 nitrogen and oxygen atoms in total. The number of hydrogen-bond acceptors (Lipinski definition) is 4. The molecule has 1 saturated heterocycles. The number of benzene rings is 2. The molecular formula is C25H27N3O4. The highest BCUT2D eigenvalue weighted by Gasteiger charge is 2.34. The zero-order valence-corrected chi connectivity index (χ0v) is 18.0. The molecule has 32 heavy (non-hydrogen) atoms. The highest BCUT2D eigenvalue weighted by atomic mass is 16.2. The summed E-state index contributed by atoms with van der Waals surface area (Å²) >= 11 is 0. The predicted octanol–water partition coefficient (Wildman–Crippen LogP) is 2.73. The molecule has 7 heteroatoms. The second kappa shape index (κ2) is 8.37. The Bertz CT molecular complexity index is 1050. The average molecular weight is 434 g/mol. The van der Waals surface area contributed by atoms with Crippen LogP contribution in [0.15, 0.2) is 36.4 Å². The van der Waals surface area contributed by atoms with E-state index >= 15 is 0 Å². The van der Waals surface area contributed by atoms with Gasteiger partial charge in [0.25, 0.3) is 11.8 Å². The Morgan fingerprint density at radius 1 is 0.906 bits per heavy atom. The van der Waals surface area contributed by atoms with Crippen LogP contribution in [0.2, 0.25) is 0 Å². The Hall–Kier alpha value is -3.22. The molecule has 2 fully saturated rings. The first-order valence-corrected chi connectivity index (χ1v) is 11.5. The minimum absolute atomic E-state index is 0.0383. The number of nitrogens with one attached hydrogen (secondary N) is 1. The third-order valence-electron chi connectivity index (χ3n) is 6.77. The SMILES string of the molecule is O=C(NC1CCN(C(=O)CCCN2C(=O)c3cccc4cccc(c34)C2=O)CC1)C1CC1. The van der Waals surface area contributed by atoms with Crippen molar-refractivity contribution in [3.8, 4) is 0 Å². The highest BCUT2D eigenvalue weighted by Crippen LogP contribution is 2.30. The Morgan fingerprint density at radius 3 is 2.12 bits per heavy atom. The molecule has 0 radical (unpaired) electrons. The van der Waals surface area contributed by atoms with Crippen molar-refractivity contribution >= 4 is 34.4 Å². The van der Waals surface area contributed by atoms with Crippen LogP contribution in [0.3, 0.4) is 0 Å². The summed E-state index contributed by atoms with van der Waals surface area (Å²) < 4.78 is 0. The number of carbonyl (C=O) groups is 4. The summed E-state index contributed by atoms with van der Waals surface area (Å²) in [5.41, 5.74) is 1.08. The van der Waals surface area contributed by atoms with E-state index in [9.17, 15) is 19.2 Å². The van der Waals surface area contributed by atoms with Gasteiger partial charge in [0.15, 0.2) is 0 Å². The number of nitrogens with zero attached hydrogens (tertiary/aromatic N) is 2. The van der Waals surface area contributed by atoms with Gasteiger partial charge in [-0.3, -0.25) is 24.1 Å². The van der Waals surface area contributed by atoms with E-state index in [1.54, 1.807) is 12.1 Å². The van der Waals surface area contributed by atoms with Crippen LogP contribution in [0.5, 0.6) is 0 Å². The molecule has 166 valence electrons. The molecule has 0 bridgehead atoms. The summed E-state index contributed by atoms with van der Waals surface area (Å²) in [7, 11) is 0. The number of carbonyl (C=O) groups excluding carboxylic acids is 4. The van der Waals surface area contributed by atoms with Crippen molar-refractivity contribution in [3.05, 3.63) is 47.5 Å². The van der Waals surface area contributed by atoms with Crippen LogP contribution in [0.1, 0.15) is 59.2 Å². The van der Waals surface area contributed by atoms with Gasteiger partial charge < -0.3 is 10.2 Å². The smallest absolute Gasteiger partial charge is 0.261 e. The third kappa shape index (κ3) is 3.87.